The number of ether oxygens (including phenoxy) is 3. The van der Waals surface area contributed by atoms with Crippen LogP contribution in [0.3, 0.4) is 0 Å². The molecule has 2 aliphatic heterocycles. The van der Waals surface area contributed by atoms with E-state index in [2.05, 4.69) is 0 Å². The van der Waals surface area contributed by atoms with Crippen LogP contribution in [0.2, 0.25) is 0 Å². The van der Waals surface area contributed by atoms with Crippen molar-refractivity contribution in [3.63, 3.8) is 0 Å². The number of aliphatic hydroxyl groups excluding tert-OH is 7. The third-order valence-corrected chi connectivity index (χ3v) is 3.59. The van der Waals surface area contributed by atoms with E-state index in [1.54, 1.807) is 0 Å². The molecule has 2 saturated heterocycles. The zero-order valence-corrected chi connectivity index (χ0v) is 11.0. The number of rotatable bonds is 3. The first-order valence-electron chi connectivity index (χ1n) is 6.48. The van der Waals surface area contributed by atoms with Gasteiger partial charge in [0.05, 0.1) is 13.2 Å². The van der Waals surface area contributed by atoms with E-state index in [1.807, 2.05) is 0 Å². The van der Waals surface area contributed by atoms with Crippen LogP contribution in [-0.4, -0.2) is 104 Å². The Morgan fingerprint density at radius 3 is 2.19 bits per heavy atom. The van der Waals surface area contributed by atoms with Crippen LogP contribution in [-0.2, 0) is 14.2 Å². The molecular weight excluding hydrogens is 292 g/mol. The first kappa shape index (κ1) is 17.0. The van der Waals surface area contributed by atoms with Crippen molar-refractivity contribution in [2.24, 2.45) is 0 Å². The van der Waals surface area contributed by atoms with E-state index in [0.717, 1.165) is 0 Å². The maximum atomic E-state index is 9.87. The standard InChI is InChI=1S/C11H20O10/c12-1-4-6(15)7(16)9(10(18)20-4)21-11-8(17)5(14)3(13)2-19-11/h3-18H,1-2H2/t3-,4-,5-,6+,7+,8+,9-,10-,11+/m1/s1. The molecule has 0 aromatic rings. The van der Waals surface area contributed by atoms with Gasteiger partial charge in [0.15, 0.2) is 12.6 Å². The van der Waals surface area contributed by atoms with E-state index >= 15 is 0 Å². The monoisotopic (exact) mass is 312 g/mol. The lowest BCUT2D eigenvalue weighted by molar-refractivity contribution is -0.349. The Balaban J connectivity index is 2.01. The van der Waals surface area contributed by atoms with Crippen LogP contribution in [0.4, 0.5) is 0 Å². The van der Waals surface area contributed by atoms with Crippen molar-refractivity contribution >= 4 is 0 Å². The molecule has 0 radical (unpaired) electrons. The first-order chi connectivity index (χ1) is 9.86. The highest BCUT2D eigenvalue weighted by Crippen LogP contribution is 2.26. The van der Waals surface area contributed by atoms with E-state index in [9.17, 15) is 30.6 Å². The van der Waals surface area contributed by atoms with E-state index in [0.29, 0.717) is 0 Å². The topological polar surface area (TPSA) is 169 Å². The second-order valence-electron chi connectivity index (χ2n) is 5.08. The molecule has 0 spiro atoms. The van der Waals surface area contributed by atoms with Crippen LogP contribution in [0.1, 0.15) is 0 Å². The number of aliphatic hydroxyl groups is 7. The van der Waals surface area contributed by atoms with Gasteiger partial charge in [-0.25, -0.2) is 0 Å². The lowest BCUT2D eigenvalue weighted by atomic mass is 9.98. The normalized spacial score (nSPS) is 51.9. The molecule has 0 aromatic heterocycles. The summed E-state index contributed by atoms with van der Waals surface area (Å²) in [5.74, 6) is 0. The molecule has 0 saturated carbocycles. The molecule has 9 atom stereocenters. The highest BCUT2D eigenvalue weighted by molar-refractivity contribution is 4.91. The maximum Gasteiger partial charge on any atom is 0.186 e. The van der Waals surface area contributed by atoms with Crippen LogP contribution >= 0.6 is 0 Å². The maximum absolute atomic E-state index is 9.87. The van der Waals surface area contributed by atoms with Gasteiger partial charge >= 0.3 is 0 Å². The lowest BCUT2D eigenvalue weighted by Crippen LogP contribution is -2.62. The molecule has 124 valence electrons. The van der Waals surface area contributed by atoms with E-state index < -0.39 is 61.9 Å². The molecule has 10 heteroatoms. The van der Waals surface area contributed by atoms with Gasteiger partial charge in [-0.05, 0) is 0 Å². The summed E-state index contributed by atoms with van der Waals surface area (Å²) in [5.41, 5.74) is 0. The summed E-state index contributed by atoms with van der Waals surface area (Å²) in [5, 5.41) is 66.7. The summed E-state index contributed by atoms with van der Waals surface area (Å²) in [7, 11) is 0. The number of hydrogen-bond acceptors (Lipinski definition) is 10. The highest BCUT2D eigenvalue weighted by Gasteiger charge is 2.48. The van der Waals surface area contributed by atoms with Crippen molar-refractivity contribution in [3.05, 3.63) is 0 Å². The zero-order valence-electron chi connectivity index (χ0n) is 11.0. The van der Waals surface area contributed by atoms with Crippen molar-refractivity contribution < 1.29 is 50.0 Å². The second-order valence-corrected chi connectivity index (χ2v) is 5.08. The summed E-state index contributed by atoms with van der Waals surface area (Å²) in [6.45, 7) is -0.931. The summed E-state index contributed by atoms with van der Waals surface area (Å²) >= 11 is 0. The quantitative estimate of drug-likeness (QED) is 0.268. The average Bonchev–Trinajstić information content (AvgIpc) is 2.47. The summed E-state index contributed by atoms with van der Waals surface area (Å²) in [6.07, 6.45) is -13.3. The van der Waals surface area contributed by atoms with Gasteiger partial charge in [0.2, 0.25) is 0 Å². The molecule has 2 fully saturated rings. The minimum atomic E-state index is -1.68. The van der Waals surface area contributed by atoms with Gasteiger partial charge in [0, 0.05) is 0 Å². The van der Waals surface area contributed by atoms with Gasteiger partial charge in [0.25, 0.3) is 0 Å². The Hall–Kier alpha value is -0.400. The predicted octanol–water partition coefficient (Wildman–Crippen LogP) is -4.76. The molecule has 10 nitrogen and oxygen atoms in total. The van der Waals surface area contributed by atoms with E-state index in [-0.39, 0.29) is 6.61 Å². The molecule has 2 aliphatic rings. The fourth-order valence-electron chi connectivity index (χ4n) is 2.27. The van der Waals surface area contributed by atoms with E-state index in [4.69, 9.17) is 19.3 Å². The summed E-state index contributed by atoms with van der Waals surface area (Å²) < 4.78 is 15.0. The fourth-order valence-corrected chi connectivity index (χ4v) is 2.27. The Kier molecular flexibility index (Phi) is 5.48. The Labute approximate surface area is 119 Å². The van der Waals surface area contributed by atoms with Gasteiger partial charge in [-0.1, -0.05) is 0 Å². The van der Waals surface area contributed by atoms with Gasteiger partial charge in [-0.3, -0.25) is 0 Å². The first-order valence-corrected chi connectivity index (χ1v) is 6.48. The zero-order chi connectivity index (χ0) is 15.7. The molecule has 0 unspecified atom stereocenters. The van der Waals surface area contributed by atoms with Crippen molar-refractivity contribution in [1.82, 2.24) is 0 Å². The van der Waals surface area contributed by atoms with Crippen LogP contribution < -0.4 is 0 Å². The SMILES string of the molecule is OC[C@H]1O[C@@H](O)[C@H](O[C@@H]2OC[C@@H](O)[C@@H](O)[C@@H]2O)[C@@H](O)[C@H]1O. The molecule has 21 heavy (non-hydrogen) atoms. The smallest absolute Gasteiger partial charge is 0.186 e. The molecule has 0 bridgehead atoms. The minimum Gasteiger partial charge on any atom is -0.394 e. The molecule has 0 aromatic carbocycles. The van der Waals surface area contributed by atoms with Crippen molar-refractivity contribution in [3.8, 4) is 0 Å². The lowest BCUT2D eigenvalue weighted by Gasteiger charge is -2.43. The predicted molar refractivity (Wildman–Crippen MR) is 62.6 cm³/mol. The fraction of sp³-hybridized carbons (Fsp3) is 1.00. The third kappa shape index (κ3) is 3.35. The largest absolute Gasteiger partial charge is 0.394 e. The van der Waals surface area contributed by atoms with E-state index in [1.165, 1.54) is 0 Å². The molecular formula is C11H20O10. The summed E-state index contributed by atoms with van der Waals surface area (Å²) in [6, 6.07) is 0. The molecule has 0 amide bonds. The van der Waals surface area contributed by atoms with Crippen LogP contribution in [0.25, 0.3) is 0 Å². The Morgan fingerprint density at radius 2 is 1.57 bits per heavy atom. The second kappa shape index (κ2) is 6.79. The van der Waals surface area contributed by atoms with Crippen molar-refractivity contribution in [1.29, 1.82) is 0 Å². The third-order valence-electron chi connectivity index (χ3n) is 3.59. The highest BCUT2D eigenvalue weighted by atomic mass is 16.7. The van der Waals surface area contributed by atoms with Gasteiger partial charge < -0.3 is 50.0 Å². The number of hydrogen-bond donors (Lipinski definition) is 7. The van der Waals surface area contributed by atoms with Crippen LogP contribution in [0, 0.1) is 0 Å². The van der Waals surface area contributed by atoms with Gasteiger partial charge in [0.1, 0.15) is 42.7 Å². The molecule has 2 heterocycles. The minimum absolute atomic E-state index is 0.315. The molecule has 2 rings (SSSR count). The van der Waals surface area contributed by atoms with Crippen LogP contribution in [0.5, 0.6) is 0 Å². The Morgan fingerprint density at radius 1 is 0.905 bits per heavy atom. The molecule has 0 aliphatic carbocycles. The summed E-state index contributed by atoms with van der Waals surface area (Å²) in [4.78, 5) is 0. The van der Waals surface area contributed by atoms with Crippen molar-refractivity contribution in [2.45, 2.75) is 55.3 Å². The average molecular weight is 312 g/mol. The molecule has 7 N–H and O–H groups in total. The van der Waals surface area contributed by atoms with Crippen molar-refractivity contribution in [2.75, 3.05) is 13.2 Å². The van der Waals surface area contributed by atoms with Gasteiger partial charge in [-0.15, -0.1) is 0 Å². The van der Waals surface area contributed by atoms with Crippen LogP contribution in [0.15, 0.2) is 0 Å². The van der Waals surface area contributed by atoms with Gasteiger partial charge in [-0.2, -0.15) is 0 Å². The Bertz CT molecular complexity index is 341.